The van der Waals surface area contributed by atoms with Gasteiger partial charge in [0.05, 0.1) is 11.6 Å². The molecule has 0 radical (unpaired) electrons. The zero-order valence-corrected chi connectivity index (χ0v) is 17.2. The van der Waals surface area contributed by atoms with E-state index in [9.17, 15) is 0 Å². The summed E-state index contributed by atoms with van der Waals surface area (Å²) >= 11 is 1.82. The Morgan fingerprint density at radius 3 is 2.79 bits per heavy atom. The number of fused-ring (bicyclic) bond motifs is 2. The molecule has 0 atom stereocenters. The Kier molecular flexibility index (Phi) is 4.97. The molecule has 0 unspecified atom stereocenters. The number of thiophene rings is 1. The van der Waals surface area contributed by atoms with Crippen molar-refractivity contribution in [1.29, 1.82) is 5.26 Å². The second kappa shape index (κ2) is 7.90. The molecule has 29 heavy (non-hydrogen) atoms. The van der Waals surface area contributed by atoms with E-state index in [0.717, 1.165) is 56.6 Å². The van der Waals surface area contributed by atoms with E-state index in [1.165, 1.54) is 26.7 Å². The van der Waals surface area contributed by atoms with Gasteiger partial charge in [-0.25, -0.2) is 0 Å². The van der Waals surface area contributed by atoms with Gasteiger partial charge < -0.3 is 9.88 Å². The molecule has 2 aromatic carbocycles. The lowest BCUT2D eigenvalue weighted by atomic mass is 10.1. The first kappa shape index (κ1) is 18.2. The number of piperazine rings is 1. The number of hydrogen-bond acceptors (Lipinski definition) is 4. The fraction of sp³-hybridized carbons (Fsp3) is 0.292. The highest BCUT2D eigenvalue weighted by molar-refractivity contribution is 7.17. The van der Waals surface area contributed by atoms with Gasteiger partial charge in [0.25, 0.3) is 0 Å². The first-order valence-electron chi connectivity index (χ1n) is 10.3. The summed E-state index contributed by atoms with van der Waals surface area (Å²) in [4.78, 5) is 8.45. The second-order valence-corrected chi connectivity index (χ2v) is 8.68. The summed E-state index contributed by atoms with van der Waals surface area (Å²) in [6, 6.07) is 17.0. The van der Waals surface area contributed by atoms with Crippen molar-refractivity contribution in [2.75, 3.05) is 37.6 Å². The first-order chi connectivity index (χ1) is 14.3. The standard InChI is InChI=1S/C24H24N4S/c25-16-18-6-7-22-21(15-18)19(17-26-22)3-2-9-27-10-12-28(13-11-27)23-4-1-5-24-20(23)8-14-29-24/h1,4-8,14-15,17,26H,2-3,9-13H2. The number of H-pyrrole nitrogens is 1. The van der Waals surface area contributed by atoms with Gasteiger partial charge in [-0.3, -0.25) is 4.90 Å². The molecule has 1 aliphatic rings. The summed E-state index contributed by atoms with van der Waals surface area (Å²) in [6.45, 7) is 5.54. The molecule has 0 spiro atoms. The van der Waals surface area contributed by atoms with Crippen LogP contribution in [0.5, 0.6) is 0 Å². The maximum Gasteiger partial charge on any atom is 0.0991 e. The maximum absolute atomic E-state index is 9.15. The average Bonchev–Trinajstić information content (AvgIpc) is 3.41. The van der Waals surface area contributed by atoms with Gasteiger partial charge in [0, 0.05) is 59.1 Å². The number of nitrogens with one attached hydrogen (secondary N) is 1. The Hall–Kier alpha value is -2.81. The maximum atomic E-state index is 9.15. The summed E-state index contributed by atoms with van der Waals surface area (Å²) in [5, 5.41) is 13.9. The Labute approximate surface area is 175 Å². The van der Waals surface area contributed by atoms with Gasteiger partial charge in [-0.15, -0.1) is 11.3 Å². The van der Waals surface area contributed by atoms with Gasteiger partial charge in [0.15, 0.2) is 0 Å². The monoisotopic (exact) mass is 400 g/mol. The van der Waals surface area contributed by atoms with Crippen LogP contribution < -0.4 is 4.90 Å². The zero-order chi connectivity index (χ0) is 19.6. The molecule has 0 saturated carbocycles. The molecule has 4 aromatic rings. The lowest BCUT2D eigenvalue weighted by Gasteiger charge is -2.36. The van der Waals surface area contributed by atoms with Gasteiger partial charge in [0.2, 0.25) is 0 Å². The number of aryl methyl sites for hydroxylation is 1. The largest absolute Gasteiger partial charge is 0.368 e. The first-order valence-corrected chi connectivity index (χ1v) is 11.1. The Balaban J connectivity index is 1.17. The van der Waals surface area contributed by atoms with Gasteiger partial charge in [-0.1, -0.05) is 6.07 Å². The molecule has 5 rings (SSSR count). The van der Waals surface area contributed by atoms with Crippen LogP contribution >= 0.6 is 11.3 Å². The minimum absolute atomic E-state index is 0.732. The molecule has 146 valence electrons. The quantitative estimate of drug-likeness (QED) is 0.512. The smallest absolute Gasteiger partial charge is 0.0991 e. The van der Waals surface area contributed by atoms with Crippen LogP contribution in [0, 0.1) is 11.3 Å². The van der Waals surface area contributed by atoms with Gasteiger partial charge in [-0.2, -0.15) is 5.26 Å². The van der Waals surface area contributed by atoms with Gasteiger partial charge >= 0.3 is 0 Å². The number of aromatic amines is 1. The molecular weight excluding hydrogens is 376 g/mol. The highest BCUT2D eigenvalue weighted by Crippen LogP contribution is 2.31. The number of nitrogens with zero attached hydrogens (tertiary/aromatic N) is 3. The molecule has 1 N–H and O–H groups in total. The van der Waals surface area contributed by atoms with Gasteiger partial charge in [0.1, 0.15) is 0 Å². The van der Waals surface area contributed by atoms with Crippen molar-refractivity contribution in [2.45, 2.75) is 12.8 Å². The van der Waals surface area contributed by atoms with Crippen molar-refractivity contribution >= 4 is 38.0 Å². The molecule has 1 saturated heterocycles. The average molecular weight is 401 g/mol. The van der Waals surface area contributed by atoms with Crippen molar-refractivity contribution in [1.82, 2.24) is 9.88 Å². The lowest BCUT2D eigenvalue weighted by Crippen LogP contribution is -2.46. The fourth-order valence-electron chi connectivity index (χ4n) is 4.41. The molecular formula is C24H24N4S. The van der Waals surface area contributed by atoms with Gasteiger partial charge in [-0.05, 0) is 66.7 Å². The molecule has 5 heteroatoms. The Morgan fingerprint density at radius 2 is 1.93 bits per heavy atom. The Bertz CT molecular complexity index is 1170. The Morgan fingerprint density at radius 1 is 1.03 bits per heavy atom. The minimum Gasteiger partial charge on any atom is -0.368 e. The molecule has 4 nitrogen and oxygen atoms in total. The SMILES string of the molecule is N#Cc1ccc2[nH]cc(CCCN3CCN(c4cccc5sccc45)CC3)c2c1. The number of benzene rings is 2. The summed E-state index contributed by atoms with van der Waals surface area (Å²) in [6.07, 6.45) is 4.29. The van der Waals surface area contributed by atoms with Crippen molar-refractivity contribution in [3.63, 3.8) is 0 Å². The van der Waals surface area contributed by atoms with Crippen LogP contribution in [0.1, 0.15) is 17.5 Å². The molecule has 0 aliphatic carbocycles. The van der Waals surface area contributed by atoms with Crippen LogP contribution in [-0.2, 0) is 6.42 Å². The number of anilines is 1. The van der Waals surface area contributed by atoms with Crippen LogP contribution in [0.2, 0.25) is 0 Å². The third-order valence-electron chi connectivity index (χ3n) is 6.00. The van der Waals surface area contributed by atoms with Crippen molar-refractivity contribution in [2.24, 2.45) is 0 Å². The van der Waals surface area contributed by atoms with E-state index >= 15 is 0 Å². The molecule has 2 aromatic heterocycles. The third-order valence-corrected chi connectivity index (χ3v) is 6.88. The highest BCUT2D eigenvalue weighted by Gasteiger charge is 2.18. The number of rotatable bonds is 5. The summed E-state index contributed by atoms with van der Waals surface area (Å²) in [5.41, 5.74) is 4.56. The topological polar surface area (TPSA) is 46.1 Å². The normalized spacial score (nSPS) is 15.2. The summed E-state index contributed by atoms with van der Waals surface area (Å²) in [7, 11) is 0. The number of nitriles is 1. The molecule has 0 bridgehead atoms. The van der Waals surface area contributed by atoms with Crippen molar-refractivity contribution in [3.8, 4) is 6.07 Å². The number of hydrogen-bond donors (Lipinski definition) is 1. The lowest BCUT2D eigenvalue weighted by molar-refractivity contribution is 0.255. The van der Waals surface area contributed by atoms with E-state index in [2.05, 4.69) is 56.7 Å². The minimum atomic E-state index is 0.732. The van der Waals surface area contributed by atoms with Crippen molar-refractivity contribution in [3.05, 3.63) is 65.2 Å². The zero-order valence-electron chi connectivity index (χ0n) is 16.4. The van der Waals surface area contributed by atoms with Crippen LogP contribution in [0.25, 0.3) is 21.0 Å². The van der Waals surface area contributed by atoms with Crippen molar-refractivity contribution < 1.29 is 0 Å². The van der Waals surface area contributed by atoms with E-state index in [-0.39, 0.29) is 0 Å². The second-order valence-electron chi connectivity index (χ2n) is 7.73. The number of aromatic nitrogens is 1. The predicted octanol–water partition coefficient (Wildman–Crippen LogP) is 5.01. The summed E-state index contributed by atoms with van der Waals surface area (Å²) in [5.74, 6) is 0. The van der Waals surface area contributed by atoms with E-state index < -0.39 is 0 Å². The van der Waals surface area contributed by atoms with Crippen LogP contribution in [0.4, 0.5) is 5.69 Å². The van der Waals surface area contributed by atoms with E-state index in [0.29, 0.717) is 0 Å². The predicted molar refractivity (Wildman–Crippen MR) is 122 cm³/mol. The molecule has 0 amide bonds. The van der Waals surface area contributed by atoms with Crippen LogP contribution in [0.3, 0.4) is 0 Å². The molecule has 3 heterocycles. The summed E-state index contributed by atoms with van der Waals surface area (Å²) < 4.78 is 1.38. The van der Waals surface area contributed by atoms with E-state index in [1.807, 2.05) is 29.5 Å². The van der Waals surface area contributed by atoms with E-state index in [4.69, 9.17) is 5.26 Å². The van der Waals surface area contributed by atoms with E-state index in [1.54, 1.807) is 0 Å². The molecule has 1 aliphatic heterocycles. The van der Waals surface area contributed by atoms with Crippen LogP contribution in [-0.4, -0.2) is 42.6 Å². The fourth-order valence-corrected chi connectivity index (χ4v) is 5.22. The third kappa shape index (κ3) is 3.62. The van der Waals surface area contributed by atoms with Crippen LogP contribution in [0.15, 0.2) is 54.0 Å². The molecule has 1 fully saturated rings. The highest BCUT2D eigenvalue weighted by atomic mass is 32.1.